The van der Waals surface area contributed by atoms with Crippen LogP contribution in [0.15, 0.2) is 24.3 Å². The summed E-state index contributed by atoms with van der Waals surface area (Å²) in [6, 6.07) is 8.13. The lowest BCUT2D eigenvalue weighted by molar-refractivity contribution is 0.152. The molecule has 4 heteroatoms. The Labute approximate surface area is 114 Å². The predicted octanol–water partition coefficient (Wildman–Crippen LogP) is 1.96. The molecule has 0 saturated carbocycles. The molecule has 0 amide bonds. The zero-order valence-corrected chi connectivity index (χ0v) is 11.8. The molecule has 0 spiro atoms. The van der Waals surface area contributed by atoms with Crippen LogP contribution in [0.4, 0.5) is 0 Å². The number of aromatic nitrogens is 2. The van der Waals surface area contributed by atoms with Crippen LogP contribution in [0.2, 0.25) is 0 Å². The monoisotopic (exact) mass is 261 g/mol. The summed E-state index contributed by atoms with van der Waals surface area (Å²) in [5, 5.41) is 13.3. The minimum Gasteiger partial charge on any atom is -0.390 e. The first kappa shape index (κ1) is 14.0. The number of hydrogen-bond donors (Lipinski definition) is 2. The van der Waals surface area contributed by atoms with Gasteiger partial charge in [0, 0.05) is 13.0 Å². The van der Waals surface area contributed by atoms with E-state index in [4.69, 9.17) is 0 Å². The van der Waals surface area contributed by atoms with Gasteiger partial charge in [0.15, 0.2) is 0 Å². The molecule has 0 aliphatic heterocycles. The van der Waals surface area contributed by atoms with Crippen molar-refractivity contribution in [2.75, 3.05) is 13.1 Å². The molecule has 1 aromatic heterocycles. The van der Waals surface area contributed by atoms with Crippen LogP contribution >= 0.6 is 0 Å². The van der Waals surface area contributed by atoms with Crippen LogP contribution in [0, 0.1) is 0 Å². The van der Waals surface area contributed by atoms with Crippen LogP contribution < -0.4 is 5.32 Å². The van der Waals surface area contributed by atoms with Crippen LogP contribution in [0.5, 0.6) is 0 Å². The van der Waals surface area contributed by atoms with Crippen molar-refractivity contribution in [3.8, 4) is 0 Å². The van der Waals surface area contributed by atoms with E-state index in [1.807, 2.05) is 25.1 Å². The highest BCUT2D eigenvalue weighted by atomic mass is 16.3. The van der Waals surface area contributed by atoms with E-state index in [1.54, 1.807) is 0 Å². The summed E-state index contributed by atoms with van der Waals surface area (Å²) >= 11 is 0. The van der Waals surface area contributed by atoms with Crippen molar-refractivity contribution in [2.45, 2.75) is 39.3 Å². The highest BCUT2D eigenvalue weighted by molar-refractivity contribution is 5.75. The van der Waals surface area contributed by atoms with Gasteiger partial charge in [0.1, 0.15) is 5.82 Å². The number of aliphatic hydroxyl groups excluding tert-OH is 1. The topological polar surface area (TPSA) is 50.1 Å². The number of hydrogen-bond acceptors (Lipinski definition) is 3. The molecule has 1 atom stereocenters. The fourth-order valence-corrected chi connectivity index (χ4v) is 2.33. The van der Waals surface area contributed by atoms with Gasteiger partial charge in [-0.05, 0) is 25.1 Å². The average Bonchev–Trinajstić information content (AvgIpc) is 2.75. The summed E-state index contributed by atoms with van der Waals surface area (Å²) in [6.07, 6.45) is 1.63. The molecule has 1 unspecified atom stereocenters. The molecule has 0 bridgehead atoms. The Bertz CT molecular complexity index is 521. The molecular weight excluding hydrogens is 238 g/mol. The van der Waals surface area contributed by atoms with E-state index < -0.39 is 0 Å². The Hall–Kier alpha value is -1.39. The first-order valence-corrected chi connectivity index (χ1v) is 7.09. The molecule has 1 heterocycles. The van der Waals surface area contributed by atoms with Gasteiger partial charge in [-0.1, -0.05) is 26.0 Å². The fraction of sp³-hybridized carbons (Fsp3) is 0.533. The third kappa shape index (κ3) is 3.33. The first-order chi connectivity index (χ1) is 9.26. The number of likely N-dealkylation sites (N-methyl/N-ethyl adjacent to an activating group) is 1. The van der Waals surface area contributed by atoms with E-state index in [2.05, 4.69) is 27.9 Å². The highest BCUT2D eigenvalue weighted by Gasteiger charge is 2.13. The van der Waals surface area contributed by atoms with Crippen LogP contribution in [0.3, 0.4) is 0 Å². The Morgan fingerprint density at radius 3 is 2.84 bits per heavy atom. The summed E-state index contributed by atoms with van der Waals surface area (Å²) in [4.78, 5) is 4.67. The van der Waals surface area contributed by atoms with Gasteiger partial charge >= 0.3 is 0 Å². The lowest BCUT2D eigenvalue weighted by Crippen LogP contribution is -2.30. The van der Waals surface area contributed by atoms with Gasteiger partial charge < -0.3 is 15.0 Å². The largest absolute Gasteiger partial charge is 0.390 e. The van der Waals surface area contributed by atoms with Gasteiger partial charge in [0.25, 0.3) is 0 Å². The lowest BCUT2D eigenvalue weighted by Gasteiger charge is -2.14. The van der Waals surface area contributed by atoms with Crippen LogP contribution in [0.25, 0.3) is 11.0 Å². The quantitative estimate of drug-likeness (QED) is 0.801. The van der Waals surface area contributed by atoms with Gasteiger partial charge in [-0.3, -0.25) is 0 Å². The van der Waals surface area contributed by atoms with E-state index in [9.17, 15) is 5.11 Å². The number of imidazole rings is 1. The maximum atomic E-state index is 10.1. The smallest absolute Gasteiger partial charge is 0.109 e. The molecule has 2 aromatic rings. The number of para-hydroxylation sites is 2. The first-order valence-electron chi connectivity index (χ1n) is 7.09. The number of benzene rings is 1. The van der Waals surface area contributed by atoms with Crippen LogP contribution in [0.1, 0.15) is 26.1 Å². The second kappa shape index (κ2) is 6.68. The molecule has 0 saturated heterocycles. The minimum atomic E-state index is -0.381. The third-order valence-electron chi connectivity index (χ3n) is 3.23. The van der Waals surface area contributed by atoms with E-state index in [-0.39, 0.29) is 6.10 Å². The number of nitrogens with zero attached hydrogens (tertiary/aromatic N) is 2. The summed E-state index contributed by atoms with van der Waals surface area (Å²) in [5.74, 6) is 1.07. The number of aryl methyl sites for hydroxylation is 1. The Morgan fingerprint density at radius 2 is 2.11 bits per heavy atom. The SMILES string of the molecule is CCCc1nc2ccccc2n1CC(O)CNCC. The summed E-state index contributed by atoms with van der Waals surface area (Å²) in [5.41, 5.74) is 2.13. The third-order valence-corrected chi connectivity index (χ3v) is 3.23. The summed E-state index contributed by atoms with van der Waals surface area (Å²) < 4.78 is 2.15. The molecule has 0 aliphatic carbocycles. The van der Waals surface area contributed by atoms with Crippen molar-refractivity contribution in [1.29, 1.82) is 0 Å². The van der Waals surface area contributed by atoms with Gasteiger partial charge in [-0.25, -0.2) is 4.98 Å². The van der Waals surface area contributed by atoms with E-state index >= 15 is 0 Å². The van der Waals surface area contributed by atoms with E-state index in [0.717, 1.165) is 36.2 Å². The van der Waals surface area contributed by atoms with Crippen LogP contribution in [-0.4, -0.2) is 33.9 Å². The maximum Gasteiger partial charge on any atom is 0.109 e. The molecule has 4 nitrogen and oxygen atoms in total. The van der Waals surface area contributed by atoms with Crippen molar-refractivity contribution in [3.05, 3.63) is 30.1 Å². The molecular formula is C15H23N3O. The molecule has 0 radical (unpaired) electrons. The van der Waals surface area contributed by atoms with Crippen molar-refractivity contribution in [3.63, 3.8) is 0 Å². The Balaban J connectivity index is 2.25. The molecule has 2 N–H and O–H groups in total. The Kier molecular flexibility index (Phi) is 4.93. The normalized spacial score (nSPS) is 13.0. The zero-order valence-electron chi connectivity index (χ0n) is 11.8. The number of aliphatic hydroxyl groups is 1. The summed E-state index contributed by atoms with van der Waals surface area (Å²) in [6.45, 7) is 6.29. The molecule has 0 aliphatic rings. The van der Waals surface area contributed by atoms with Gasteiger partial charge in [-0.2, -0.15) is 0 Å². The molecule has 0 fully saturated rings. The van der Waals surface area contributed by atoms with E-state index in [0.29, 0.717) is 13.1 Å². The fourth-order valence-electron chi connectivity index (χ4n) is 2.33. The summed E-state index contributed by atoms with van der Waals surface area (Å²) in [7, 11) is 0. The van der Waals surface area contributed by atoms with Crippen molar-refractivity contribution < 1.29 is 5.11 Å². The molecule has 19 heavy (non-hydrogen) atoms. The number of rotatable bonds is 7. The highest BCUT2D eigenvalue weighted by Crippen LogP contribution is 2.17. The minimum absolute atomic E-state index is 0.381. The molecule has 2 rings (SSSR count). The van der Waals surface area contributed by atoms with Gasteiger partial charge in [-0.15, -0.1) is 0 Å². The average molecular weight is 261 g/mol. The van der Waals surface area contributed by atoms with Gasteiger partial charge in [0.05, 0.1) is 23.7 Å². The van der Waals surface area contributed by atoms with Crippen molar-refractivity contribution in [1.82, 2.24) is 14.9 Å². The number of nitrogens with one attached hydrogen (secondary N) is 1. The molecule has 104 valence electrons. The molecule has 1 aromatic carbocycles. The van der Waals surface area contributed by atoms with Crippen molar-refractivity contribution >= 4 is 11.0 Å². The van der Waals surface area contributed by atoms with Gasteiger partial charge in [0.2, 0.25) is 0 Å². The van der Waals surface area contributed by atoms with Crippen LogP contribution in [-0.2, 0) is 13.0 Å². The Morgan fingerprint density at radius 1 is 1.32 bits per heavy atom. The maximum absolute atomic E-state index is 10.1. The standard InChI is InChI=1S/C15H23N3O/c1-3-7-15-17-13-8-5-6-9-14(13)18(15)11-12(19)10-16-4-2/h5-6,8-9,12,16,19H,3-4,7,10-11H2,1-2H3. The second-order valence-corrected chi connectivity index (χ2v) is 4.84. The number of fused-ring (bicyclic) bond motifs is 1. The van der Waals surface area contributed by atoms with E-state index in [1.165, 1.54) is 0 Å². The van der Waals surface area contributed by atoms with Crippen molar-refractivity contribution in [2.24, 2.45) is 0 Å². The second-order valence-electron chi connectivity index (χ2n) is 4.84. The zero-order chi connectivity index (χ0) is 13.7. The predicted molar refractivity (Wildman–Crippen MR) is 78.3 cm³/mol. The lowest BCUT2D eigenvalue weighted by atomic mass is 10.2.